The fourth-order valence-electron chi connectivity index (χ4n) is 1.97. The van der Waals surface area contributed by atoms with Crippen molar-refractivity contribution < 1.29 is 28.3 Å². The van der Waals surface area contributed by atoms with Crippen molar-refractivity contribution in [3.8, 4) is 0 Å². The van der Waals surface area contributed by atoms with Crippen LogP contribution in [0.3, 0.4) is 0 Å². The SMILES string of the molecule is CC(O)(C(=O)Nc1ccc(/C(=N\O)c2ccccc2)cc1)C(F)(F)F. The zero-order valence-corrected chi connectivity index (χ0v) is 13.1. The first-order chi connectivity index (χ1) is 11.7. The number of nitrogens with zero attached hydrogens (tertiary/aromatic N) is 1. The Labute approximate surface area is 141 Å². The molecule has 132 valence electrons. The first-order valence-corrected chi connectivity index (χ1v) is 7.15. The smallest absolute Gasteiger partial charge is 0.410 e. The van der Waals surface area contributed by atoms with E-state index in [1.165, 1.54) is 24.3 Å². The number of amides is 1. The van der Waals surface area contributed by atoms with E-state index in [2.05, 4.69) is 5.16 Å². The largest absolute Gasteiger partial charge is 0.426 e. The second-order valence-corrected chi connectivity index (χ2v) is 5.42. The number of hydrogen-bond donors (Lipinski definition) is 3. The van der Waals surface area contributed by atoms with Crippen molar-refractivity contribution in [1.29, 1.82) is 0 Å². The van der Waals surface area contributed by atoms with E-state index in [0.29, 0.717) is 18.1 Å². The average molecular weight is 352 g/mol. The highest BCUT2D eigenvalue weighted by molar-refractivity contribution is 6.12. The number of benzene rings is 2. The summed E-state index contributed by atoms with van der Waals surface area (Å²) in [5.41, 5.74) is -2.05. The molecule has 1 atom stereocenters. The number of anilines is 1. The number of carbonyl (C=O) groups is 1. The van der Waals surface area contributed by atoms with Crippen LogP contribution in [-0.4, -0.2) is 33.7 Å². The first kappa shape index (κ1) is 18.5. The monoisotopic (exact) mass is 352 g/mol. The minimum atomic E-state index is -5.10. The summed E-state index contributed by atoms with van der Waals surface area (Å²) in [6.45, 7) is 0.378. The summed E-state index contributed by atoms with van der Waals surface area (Å²) in [4.78, 5) is 11.6. The Morgan fingerprint density at radius 2 is 1.52 bits per heavy atom. The van der Waals surface area contributed by atoms with Crippen LogP contribution < -0.4 is 5.32 Å². The maximum absolute atomic E-state index is 12.6. The molecular weight excluding hydrogens is 337 g/mol. The molecule has 0 fully saturated rings. The Kier molecular flexibility index (Phi) is 5.13. The summed E-state index contributed by atoms with van der Waals surface area (Å²) in [5.74, 6) is -1.59. The summed E-state index contributed by atoms with van der Waals surface area (Å²) in [6, 6.07) is 14.4. The van der Waals surface area contributed by atoms with Gasteiger partial charge in [0.05, 0.1) is 0 Å². The third kappa shape index (κ3) is 3.97. The van der Waals surface area contributed by atoms with Gasteiger partial charge in [0.1, 0.15) is 5.71 Å². The first-order valence-electron chi connectivity index (χ1n) is 7.15. The Morgan fingerprint density at radius 3 is 2.00 bits per heavy atom. The van der Waals surface area contributed by atoms with Crippen LogP contribution in [0.4, 0.5) is 18.9 Å². The van der Waals surface area contributed by atoms with Gasteiger partial charge in [-0.2, -0.15) is 13.2 Å². The number of alkyl halides is 3. The van der Waals surface area contributed by atoms with Crippen molar-refractivity contribution in [3.05, 3.63) is 65.7 Å². The highest BCUT2D eigenvalue weighted by Gasteiger charge is 2.55. The molecule has 2 rings (SSSR count). The van der Waals surface area contributed by atoms with Crippen LogP contribution in [0.15, 0.2) is 59.8 Å². The lowest BCUT2D eigenvalue weighted by molar-refractivity contribution is -0.242. The average Bonchev–Trinajstić information content (AvgIpc) is 2.57. The van der Waals surface area contributed by atoms with Gasteiger partial charge in [-0.25, -0.2) is 0 Å². The molecule has 0 spiro atoms. The fourth-order valence-corrected chi connectivity index (χ4v) is 1.97. The molecule has 0 aliphatic heterocycles. The van der Waals surface area contributed by atoms with Crippen LogP contribution in [0.5, 0.6) is 0 Å². The van der Waals surface area contributed by atoms with Gasteiger partial charge in [0.15, 0.2) is 0 Å². The van der Waals surface area contributed by atoms with Gasteiger partial charge in [0.25, 0.3) is 5.91 Å². The Bertz CT molecular complexity index is 770. The Balaban J connectivity index is 2.19. The summed E-state index contributed by atoms with van der Waals surface area (Å²) >= 11 is 0. The maximum Gasteiger partial charge on any atom is 0.426 e. The van der Waals surface area contributed by atoms with E-state index >= 15 is 0 Å². The van der Waals surface area contributed by atoms with E-state index in [1.807, 2.05) is 5.32 Å². The van der Waals surface area contributed by atoms with E-state index in [-0.39, 0.29) is 11.4 Å². The lowest BCUT2D eigenvalue weighted by atomic mass is 10.0. The molecule has 0 aromatic heterocycles. The van der Waals surface area contributed by atoms with Crippen LogP contribution >= 0.6 is 0 Å². The second kappa shape index (κ2) is 6.94. The van der Waals surface area contributed by atoms with Gasteiger partial charge >= 0.3 is 6.18 Å². The van der Waals surface area contributed by atoms with Crippen LogP contribution in [0.1, 0.15) is 18.1 Å². The molecule has 2 aromatic carbocycles. The summed E-state index contributed by atoms with van der Waals surface area (Å²) in [5, 5.41) is 23.8. The second-order valence-electron chi connectivity index (χ2n) is 5.42. The molecule has 25 heavy (non-hydrogen) atoms. The Morgan fingerprint density at radius 1 is 1.00 bits per heavy atom. The Hall–Kier alpha value is -2.87. The lowest BCUT2D eigenvalue weighted by Crippen LogP contribution is -2.52. The number of hydrogen-bond acceptors (Lipinski definition) is 4. The molecule has 0 aliphatic carbocycles. The number of nitrogens with one attached hydrogen (secondary N) is 1. The molecule has 0 aliphatic rings. The van der Waals surface area contributed by atoms with Gasteiger partial charge in [0.2, 0.25) is 5.60 Å². The normalized spacial score (nSPS) is 14.7. The van der Waals surface area contributed by atoms with Crippen molar-refractivity contribution in [2.24, 2.45) is 5.16 Å². The molecule has 1 unspecified atom stereocenters. The number of oxime groups is 1. The van der Waals surface area contributed by atoms with Gasteiger partial charge < -0.3 is 15.6 Å². The lowest BCUT2D eigenvalue weighted by Gasteiger charge is -2.24. The highest BCUT2D eigenvalue weighted by Crippen LogP contribution is 2.31. The van der Waals surface area contributed by atoms with Crippen LogP contribution in [-0.2, 0) is 4.79 Å². The van der Waals surface area contributed by atoms with Crippen molar-refractivity contribution in [2.75, 3.05) is 5.32 Å². The molecule has 0 heterocycles. The fraction of sp³-hybridized carbons (Fsp3) is 0.176. The minimum Gasteiger partial charge on any atom is -0.410 e. The quantitative estimate of drug-likeness (QED) is 0.449. The van der Waals surface area contributed by atoms with Crippen LogP contribution in [0.2, 0.25) is 0 Å². The summed E-state index contributed by atoms with van der Waals surface area (Å²) < 4.78 is 37.9. The molecule has 0 radical (unpaired) electrons. The van der Waals surface area contributed by atoms with Crippen LogP contribution in [0, 0.1) is 0 Å². The third-order valence-electron chi connectivity index (χ3n) is 3.56. The van der Waals surface area contributed by atoms with Gasteiger partial charge in [-0.15, -0.1) is 0 Å². The van der Waals surface area contributed by atoms with Crippen molar-refractivity contribution in [1.82, 2.24) is 0 Å². The number of rotatable bonds is 4. The topological polar surface area (TPSA) is 81.9 Å². The molecule has 0 saturated carbocycles. The molecule has 1 amide bonds. The van der Waals surface area contributed by atoms with E-state index in [4.69, 9.17) is 0 Å². The standard InChI is InChI=1S/C17H15F3N2O3/c1-16(24,17(18,19)20)15(23)21-13-9-7-12(8-10-13)14(22-25)11-5-3-2-4-6-11/h2-10,24-25H,1H3,(H,21,23)/b22-14-. The van der Waals surface area contributed by atoms with Gasteiger partial charge in [-0.1, -0.05) is 47.6 Å². The zero-order chi connectivity index (χ0) is 18.7. The van der Waals surface area contributed by atoms with Crippen molar-refractivity contribution in [2.45, 2.75) is 18.7 Å². The molecule has 5 nitrogen and oxygen atoms in total. The zero-order valence-electron chi connectivity index (χ0n) is 13.1. The molecule has 2 aromatic rings. The van der Waals surface area contributed by atoms with E-state index in [0.717, 1.165) is 0 Å². The van der Waals surface area contributed by atoms with Crippen molar-refractivity contribution >= 4 is 17.3 Å². The summed E-state index contributed by atoms with van der Waals surface area (Å²) in [7, 11) is 0. The highest BCUT2D eigenvalue weighted by atomic mass is 19.4. The molecule has 0 saturated heterocycles. The molecule has 0 bridgehead atoms. The molecule has 8 heteroatoms. The number of halogens is 3. The molecular formula is C17H15F3N2O3. The number of aliphatic hydroxyl groups is 1. The minimum absolute atomic E-state index is 0.0589. The van der Waals surface area contributed by atoms with E-state index < -0.39 is 17.7 Å². The third-order valence-corrected chi connectivity index (χ3v) is 3.56. The predicted molar refractivity (Wildman–Crippen MR) is 85.6 cm³/mol. The number of carbonyl (C=O) groups excluding carboxylic acids is 1. The van der Waals surface area contributed by atoms with Crippen molar-refractivity contribution in [3.63, 3.8) is 0 Å². The molecule has 3 N–H and O–H groups in total. The summed E-state index contributed by atoms with van der Waals surface area (Å²) in [6.07, 6.45) is -5.10. The van der Waals surface area contributed by atoms with E-state index in [9.17, 15) is 28.3 Å². The van der Waals surface area contributed by atoms with Gasteiger partial charge in [-0.3, -0.25) is 4.79 Å². The van der Waals surface area contributed by atoms with Crippen LogP contribution in [0.25, 0.3) is 0 Å². The van der Waals surface area contributed by atoms with Gasteiger partial charge in [-0.05, 0) is 19.1 Å². The maximum atomic E-state index is 12.6. The van der Waals surface area contributed by atoms with E-state index in [1.54, 1.807) is 30.3 Å². The predicted octanol–water partition coefficient (Wildman–Crippen LogP) is 3.17. The van der Waals surface area contributed by atoms with Gasteiger partial charge in [0, 0.05) is 16.8 Å².